The minimum absolute atomic E-state index is 0.00602. The number of carboxylic acid groups (broad SMARTS) is 1. The summed E-state index contributed by atoms with van der Waals surface area (Å²) in [7, 11) is 0. The number of aromatic hydroxyl groups is 2. The fraction of sp³-hybridized carbons (Fsp3) is 0.421. The minimum atomic E-state index is -0.911. The fourth-order valence-electron chi connectivity index (χ4n) is 4.03. The van der Waals surface area contributed by atoms with Crippen LogP contribution in [-0.4, -0.2) is 26.2 Å². The zero-order valence-corrected chi connectivity index (χ0v) is 14.0. The van der Waals surface area contributed by atoms with Gasteiger partial charge in [0.25, 0.3) is 0 Å². The van der Waals surface area contributed by atoms with Crippen molar-refractivity contribution in [3.05, 3.63) is 48.1 Å². The summed E-state index contributed by atoms with van der Waals surface area (Å²) in [6.07, 6.45) is 11.4. The molecule has 128 valence electrons. The molecule has 24 heavy (non-hydrogen) atoms. The number of alkyl halides is 1. The molecule has 1 saturated carbocycles. The van der Waals surface area contributed by atoms with Gasteiger partial charge in [-0.15, -0.1) is 11.6 Å². The molecule has 0 saturated heterocycles. The molecule has 0 radical (unpaired) electrons. The van der Waals surface area contributed by atoms with Crippen LogP contribution in [0, 0.1) is 5.92 Å². The third-order valence-corrected chi connectivity index (χ3v) is 5.93. The number of halogens is 1. The van der Waals surface area contributed by atoms with Gasteiger partial charge < -0.3 is 15.3 Å². The van der Waals surface area contributed by atoms with Crippen molar-refractivity contribution < 1.29 is 20.1 Å². The first kappa shape index (κ1) is 16.9. The van der Waals surface area contributed by atoms with Gasteiger partial charge in [0, 0.05) is 17.0 Å². The van der Waals surface area contributed by atoms with Crippen molar-refractivity contribution in [2.45, 2.75) is 42.4 Å². The highest BCUT2D eigenvalue weighted by atomic mass is 35.5. The van der Waals surface area contributed by atoms with Crippen LogP contribution in [0.5, 0.6) is 11.5 Å². The number of carbonyl (C=O) groups is 1. The molecule has 1 fully saturated rings. The second-order valence-corrected chi connectivity index (χ2v) is 7.32. The number of aliphatic carboxylic acids is 1. The first-order valence-electron chi connectivity index (χ1n) is 8.21. The van der Waals surface area contributed by atoms with Crippen LogP contribution in [0.1, 0.15) is 37.7 Å². The Balaban J connectivity index is 2.09. The molecular formula is C19H21ClO4. The van der Waals surface area contributed by atoms with Gasteiger partial charge >= 0.3 is 5.97 Å². The van der Waals surface area contributed by atoms with E-state index in [0.29, 0.717) is 5.56 Å². The Kier molecular flexibility index (Phi) is 4.35. The smallest absolute Gasteiger partial charge is 0.314 e. The zero-order chi connectivity index (χ0) is 17.4. The van der Waals surface area contributed by atoms with Gasteiger partial charge in [-0.2, -0.15) is 0 Å². The maximum atomic E-state index is 11.2. The van der Waals surface area contributed by atoms with Crippen LogP contribution < -0.4 is 0 Å². The molecule has 0 aliphatic heterocycles. The van der Waals surface area contributed by atoms with Gasteiger partial charge in [0.2, 0.25) is 0 Å². The zero-order valence-electron chi connectivity index (χ0n) is 13.3. The number of phenolic OH excluding ortho intramolecular Hbond substituents is 2. The monoisotopic (exact) mass is 348 g/mol. The first-order chi connectivity index (χ1) is 11.4. The van der Waals surface area contributed by atoms with E-state index in [2.05, 4.69) is 0 Å². The third-order valence-electron chi connectivity index (χ3n) is 5.31. The molecule has 0 spiro atoms. The van der Waals surface area contributed by atoms with Gasteiger partial charge in [-0.3, -0.25) is 4.79 Å². The summed E-state index contributed by atoms with van der Waals surface area (Å²) in [6, 6.07) is 4.62. The molecule has 0 aromatic heterocycles. The van der Waals surface area contributed by atoms with Crippen LogP contribution in [-0.2, 0) is 10.2 Å². The normalized spacial score (nSPS) is 28.6. The molecule has 2 aliphatic rings. The third kappa shape index (κ3) is 2.69. The van der Waals surface area contributed by atoms with Crippen LogP contribution in [0.15, 0.2) is 42.5 Å². The Labute approximate surface area is 146 Å². The van der Waals surface area contributed by atoms with Gasteiger partial charge in [0.15, 0.2) is 0 Å². The topological polar surface area (TPSA) is 77.8 Å². The van der Waals surface area contributed by atoms with E-state index in [4.69, 9.17) is 16.7 Å². The lowest BCUT2D eigenvalue weighted by Gasteiger charge is -2.48. The standard InChI is InChI=1S/C19H21ClO4/c20-19(10-6-13(7-11-19)17(23)24)18(8-2-1-3-9-18)15-5-4-14(21)12-16(15)22/h4-7,10-13,21-22H,1-3,8-9H2,(H,23,24). The molecule has 1 aromatic rings. The van der Waals surface area contributed by atoms with Crippen LogP contribution in [0.4, 0.5) is 0 Å². The largest absolute Gasteiger partial charge is 0.508 e. The maximum absolute atomic E-state index is 11.2. The number of carboxylic acids is 1. The van der Waals surface area contributed by atoms with E-state index in [-0.39, 0.29) is 11.5 Å². The summed E-state index contributed by atoms with van der Waals surface area (Å²) in [4.78, 5) is 10.3. The van der Waals surface area contributed by atoms with Gasteiger partial charge in [0.1, 0.15) is 11.5 Å². The van der Waals surface area contributed by atoms with Crippen molar-refractivity contribution in [3.63, 3.8) is 0 Å². The predicted molar refractivity (Wildman–Crippen MR) is 92.5 cm³/mol. The number of hydrogen-bond acceptors (Lipinski definition) is 3. The Morgan fingerprint density at radius 2 is 1.71 bits per heavy atom. The second kappa shape index (κ2) is 6.17. The van der Waals surface area contributed by atoms with Crippen molar-refractivity contribution in [1.29, 1.82) is 0 Å². The van der Waals surface area contributed by atoms with Gasteiger partial charge in [-0.1, -0.05) is 49.6 Å². The van der Waals surface area contributed by atoms with E-state index in [1.807, 2.05) is 0 Å². The van der Waals surface area contributed by atoms with E-state index in [9.17, 15) is 15.0 Å². The lowest BCUT2D eigenvalue weighted by Crippen LogP contribution is -2.47. The molecule has 0 heterocycles. The van der Waals surface area contributed by atoms with Crippen LogP contribution >= 0.6 is 11.6 Å². The van der Waals surface area contributed by atoms with Crippen molar-refractivity contribution in [1.82, 2.24) is 0 Å². The highest BCUT2D eigenvalue weighted by Crippen LogP contribution is 2.55. The highest BCUT2D eigenvalue weighted by Gasteiger charge is 2.51. The fourth-order valence-corrected chi connectivity index (χ4v) is 4.47. The quantitative estimate of drug-likeness (QED) is 0.567. The molecule has 4 nitrogen and oxygen atoms in total. The van der Waals surface area contributed by atoms with E-state index in [1.165, 1.54) is 6.07 Å². The molecule has 1 aromatic carbocycles. The summed E-state index contributed by atoms with van der Waals surface area (Å²) >= 11 is 6.99. The molecular weight excluding hydrogens is 328 g/mol. The van der Waals surface area contributed by atoms with Crippen molar-refractivity contribution in [2.75, 3.05) is 0 Å². The lowest BCUT2D eigenvalue weighted by molar-refractivity contribution is -0.138. The lowest BCUT2D eigenvalue weighted by atomic mass is 9.60. The summed E-state index contributed by atoms with van der Waals surface area (Å²) < 4.78 is 0. The molecule has 2 aliphatic carbocycles. The maximum Gasteiger partial charge on any atom is 0.314 e. The van der Waals surface area contributed by atoms with Gasteiger partial charge in [-0.25, -0.2) is 0 Å². The van der Waals surface area contributed by atoms with Crippen molar-refractivity contribution >= 4 is 17.6 Å². The average molecular weight is 349 g/mol. The van der Waals surface area contributed by atoms with Crippen LogP contribution in [0.25, 0.3) is 0 Å². The molecule has 5 heteroatoms. The summed E-state index contributed by atoms with van der Waals surface area (Å²) in [6.45, 7) is 0. The predicted octanol–water partition coefficient (Wildman–Crippen LogP) is 4.10. The number of benzene rings is 1. The number of allylic oxidation sites excluding steroid dienone is 2. The number of rotatable bonds is 3. The number of hydrogen-bond donors (Lipinski definition) is 3. The molecule has 0 atom stereocenters. The molecule has 0 unspecified atom stereocenters. The summed E-state index contributed by atoms with van der Waals surface area (Å²) in [5, 5.41) is 29.2. The highest BCUT2D eigenvalue weighted by molar-refractivity contribution is 6.28. The van der Waals surface area contributed by atoms with E-state index >= 15 is 0 Å². The SMILES string of the molecule is O=C(O)C1C=CC(Cl)(C2(c3ccc(O)cc3O)CCCCC2)C=C1. The van der Waals surface area contributed by atoms with E-state index in [0.717, 1.165) is 32.1 Å². The molecule has 3 N–H and O–H groups in total. The molecule has 3 rings (SSSR count). The molecule has 0 amide bonds. The van der Waals surface area contributed by atoms with E-state index < -0.39 is 22.2 Å². The summed E-state index contributed by atoms with van der Waals surface area (Å²) in [5.74, 6) is -1.55. The van der Waals surface area contributed by atoms with Gasteiger partial charge in [0.05, 0.1) is 10.8 Å². The van der Waals surface area contributed by atoms with Crippen LogP contribution in [0.3, 0.4) is 0 Å². The Bertz CT molecular complexity index is 687. The summed E-state index contributed by atoms with van der Waals surface area (Å²) in [5.41, 5.74) is 0.180. The van der Waals surface area contributed by atoms with Gasteiger partial charge in [-0.05, 0) is 18.9 Å². The first-order valence-corrected chi connectivity index (χ1v) is 8.59. The average Bonchev–Trinajstić information content (AvgIpc) is 2.55. The Morgan fingerprint density at radius 3 is 2.25 bits per heavy atom. The molecule has 0 bridgehead atoms. The van der Waals surface area contributed by atoms with E-state index in [1.54, 1.807) is 36.4 Å². The number of phenols is 2. The minimum Gasteiger partial charge on any atom is -0.508 e. The van der Waals surface area contributed by atoms with Crippen molar-refractivity contribution in [3.8, 4) is 11.5 Å². The van der Waals surface area contributed by atoms with Crippen molar-refractivity contribution in [2.24, 2.45) is 5.92 Å². The van der Waals surface area contributed by atoms with Crippen LogP contribution in [0.2, 0.25) is 0 Å². The Morgan fingerprint density at radius 1 is 1.08 bits per heavy atom. The Hall–Kier alpha value is -1.94. The second-order valence-electron chi connectivity index (χ2n) is 6.69.